The van der Waals surface area contributed by atoms with Gasteiger partial charge in [0.15, 0.2) is 0 Å². The van der Waals surface area contributed by atoms with Crippen molar-refractivity contribution in [2.45, 2.75) is 6.92 Å². The van der Waals surface area contributed by atoms with Crippen LogP contribution in [-0.2, 0) is 9.59 Å². The molecule has 26 heavy (non-hydrogen) atoms. The number of rotatable bonds is 4. The normalized spacial score (nSPS) is 15.9. The second-order valence-corrected chi connectivity index (χ2v) is 5.88. The summed E-state index contributed by atoms with van der Waals surface area (Å²) in [5.41, 5.74) is 2.66. The zero-order valence-electron chi connectivity index (χ0n) is 13.9. The molecule has 0 radical (unpaired) electrons. The summed E-state index contributed by atoms with van der Waals surface area (Å²) >= 11 is 0. The molecular weight excluding hydrogens is 335 g/mol. The van der Waals surface area contributed by atoms with Gasteiger partial charge < -0.3 is 15.4 Å². The molecule has 0 atom stereocenters. The molecule has 0 aliphatic carbocycles. The molecule has 0 fully saturated rings. The summed E-state index contributed by atoms with van der Waals surface area (Å²) in [6, 6.07) is 12.8. The summed E-state index contributed by atoms with van der Waals surface area (Å²) in [6.07, 6.45) is 0. The SMILES string of the molecule is CCOc1cccc(C2=C3C(=O)NC(c4ccc(F)cc4)=C3C(=O)N2)c1. The van der Waals surface area contributed by atoms with Crippen molar-refractivity contribution in [2.75, 3.05) is 6.61 Å². The zero-order chi connectivity index (χ0) is 18.3. The van der Waals surface area contributed by atoms with Crippen molar-refractivity contribution in [2.24, 2.45) is 0 Å². The number of amides is 2. The summed E-state index contributed by atoms with van der Waals surface area (Å²) in [6.45, 7) is 2.40. The Hall–Kier alpha value is -3.41. The predicted molar refractivity (Wildman–Crippen MR) is 94.1 cm³/mol. The Labute approximate surface area is 149 Å². The second-order valence-electron chi connectivity index (χ2n) is 5.88. The van der Waals surface area contributed by atoms with Gasteiger partial charge in [0.25, 0.3) is 11.8 Å². The topological polar surface area (TPSA) is 67.4 Å². The summed E-state index contributed by atoms with van der Waals surface area (Å²) in [5, 5.41) is 5.51. The highest BCUT2D eigenvalue weighted by Gasteiger charge is 2.40. The molecule has 2 aromatic carbocycles. The third-order valence-corrected chi connectivity index (χ3v) is 4.25. The van der Waals surface area contributed by atoms with Crippen LogP contribution in [0.3, 0.4) is 0 Å². The highest BCUT2D eigenvalue weighted by Crippen LogP contribution is 2.37. The van der Waals surface area contributed by atoms with Crippen molar-refractivity contribution in [3.63, 3.8) is 0 Å². The third-order valence-electron chi connectivity index (χ3n) is 4.25. The van der Waals surface area contributed by atoms with Crippen molar-refractivity contribution < 1.29 is 18.7 Å². The standard InChI is InChI=1S/C20H15FN2O3/c1-2-26-14-5-3-4-12(10-14)18-16-15(19(24)23-18)17(22-20(16)25)11-6-8-13(21)9-7-11/h3-10H,2H2,1H3,(H,22,25)(H,23,24). The number of fused-ring (bicyclic) bond motifs is 1. The van der Waals surface area contributed by atoms with Crippen molar-refractivity contribution >= 4 is 23.2 Å². The lowest BCUT2D eigenvalue weighted by atomic mass is 10.0. The van der Waals surface area contributed by atoms with Gasteiger partial charge in [-0.1, -0.05) is 12.1 Å². The molecule has 2 amide bonds. The molecule has 2 heterocycles. The van der Waals surface area contributed by atoms with Crippen LogP contribution in [0.2, 0.25) is 0 Å². The quantitative estimate of drug-likeness (QED) is 0.891. The van der Waals surface area contributed by atoms with Crippen molar-refractivity contribution in [1.29, 1.82) is 0 Å². The molecule has 6 heteroatoms. The lowest BCUT2D eigenvalue weighted by Gasteiger charge is -2.09. The van der Waals surface area contributed by atoms with E-state index < -0.39 is 0 Å². The Kier molecular flexibility index (Phi) is 3.80. The van der Waals surface area contributed by atoms with E-state index in [-0.39, 0.29) is 23.2 Å². The van der Waals surface area contributed by atoms with E-state index in [2.05, 4.69) is 10.6 Å². The van der Waals surface area contributed by atoms with E-state index in [1.54, 1.807) is 18.2 Å². The van der Waals surface area contributed by atoms with Gasteiger partial charge >= 0.3 is 0 Å². The molecule has 2 aliphatic heterocycles. The van der Waals surface area contributed by atoms with Crippen molar-refractivity contribution in [3.05, 3.63) is 76.6 Å². The smallest absolute Gasteiger partial charge is 0.258 e. The maximum atomic E-state index is 13.2. The molecule has 0 saturated carbocycles. The van der Waals surface area contributed by atoms with Crippen LogP contribution in [0.4, 0.5) is 4.39 Å². The molecule has 0 bridgehead atoms. The minimum absolute atomic E-state index is 0.276. The maximum Gasteiger partial charge on any atom is 0.258 e. The van der Waals surface area contributed by atoms with E-state index in [4.69, 9.17) is 4.74 Å². The van der Waals surface area contributed by atoms with E-state index in [1.807, 2.05) is 13.0 Å². The van der Waals surface area contributed by atoms with Gasteiger partial charge in [0.05, 0.1) is 29.1 Å². The van der Waals surface area contributed by atoms with Gasteiger partial charge in [-0.15, -0.1) is 0 Å². The Morgan fingerprint density at radius 2 is 1.50 bits per heavy atom. The Balaban J connectivity index is 1.84. The van der Waals surface area contributed by atoms with Crippen LogP contribution >= 0.6 is 0 Å². The monoisotopic (exact) mass is 350 g/mol. The lowest BCUT2D eigenvalue weighted by Crippen LogP contribution is -2.21. The van der Waals surface area contributed by atoms with Crippen LogP contribution < -0.4 is 15.4 Å². The molecule has 2 N–H and O–H groups in total. The van der Waals surface area contributed by atoms with Crippen LogP contribution in [0.1, 0.15) is 18.1 Å². The number of hydrogen-bond acceptors (Lipinski definition) is 3. The fourth-order valence-electron chi connectivity index (χ4n) is 3.14. The molecular formula is C20H15FN2O3. The molecule has 130 valence electrons. The van der Waals surface area contributed by atoms with Gasteiger partial charge in [-0.3, -0.25) is 9.59 Å². The Bertz CT molecular complexity index is 990. The predicted octanol–water partition coefficient (Wildman–Crippen LogP) is 2.61. The summed E-state index contributed by atoms with van der Waals surface area (Å²) in [7, 11) is 0. The van der Waals surface area contributed by atoms with Crippen LogP contribution in [0, 0.1) is 5.82 Å². The number of carbonyl (C=O) groups excluding carboxylic acids is 2. The van der Waals surface area contributed by atoms with Crippen LogP contribution in [-0.4, -0.2) is 18.4 Å². The van der Waals surface area contributed by atoms with Crippen molar-refractivity contribution in [3.8, 4) is 5.75 Å². The van der Waals surface area contributed by atoms with Gasteiger partial charge in [0.1, 0.15) is 11.6 Å². The molecule has 0 unspecified atom stereocenters. The van der Waals surface area contributed by atoms with E-state index in [0.29, 0.717) is 40.5 Å². The fraction of sp³-hybridized carbons (Fsp3) is 0.100. The second kappa shape index (κ2) is 6.15. The highest BCUT2D eigenvalue weighted by atomic mass is 19.1. The molecule has 5 nitrogen and oxygen atoms in total. The number of hydrogen-bond donors (Lipinski definition) is 2. The molecule has 2 aromatic rings. The first-order valence-corrected chi connectivity index (χ1v) is 8.19. The first-order chi connectivity index (χ1) is 12.6. The van der Waals surface area contributed by atoms with Gasteiger partial charge in [-0.2, -0.15) is 0 Å². The summed E-state index contributed by atoms with van der Waals surface area (Å²) in [5.74, 6) is -0.463. The molecule has 2 aliphatic rings. The number of ether oxygens (including phenoxy) is 1. The van der Waals surface area contributed by atoms with Gasteiger partial charge in [0.2, 0.25) is 0 Å². The van der Waals surface area contributed by atoms with Gasteiger partial charge in [-0.25, -0.2) is 4.39 Å². The number of benzene rings is 2. The maximum absolute atomic E-state index is 13.2. The first kappa shape index (κ1) is 16.1. The van der Waals surface area contributed by atoms with Crippen LogP contribution in [0.25, 0.3) is 11.4 Å². The summed E-state index contributed by atoms with van der Waals surface area (Å²) in [4.78, 5) is 25.1. The summed E-state index contributed by atoms with van der Waals surface area (Å²) < 4.78 is 18.7. The van der Waals surface area contributed by atoms with E-state index in [0.717, 1.165) is 0 Å². The average Bonchev–Trinajstić information content (AvgIpc) is 3.15. The van der Waals surface area contributed by atoms with E-state index >= 15 is 0 Å². The minimum atomic E-state index is -0.385. The number of nitrogens with one attached hydrogen (secondary N) is 2. The van der Waals surface area contributed by atoms with Gasteiger partial charge in [-0.05, 0) is 48.9 Å². The highest BCUT2D eigenvalue weighted by molar-refractivity contribution is 6.30. The molecule has 0 saturated heterocycles. The van der Waals surface area contributed by atoms with E-state index in [9.17, 15) is 14.0 Å². The zero-order valence-corrected chi connectivity index (χ0v) is 13.9. The first-order valence-electron chi connectivity index (χ1n) is 8.19. The third kappa shape index (κ3) is 2.56. The van der Waals surface area contributed by atoms with Crippen molar-refractivity contribution in [1.82, 2.24) is 10.6 Å². The fourth-order valence-corrected chi connectivity index (χ4v) is 3.14. The van der Waals surface area contributed by atoms with E-state index in [1.165, 1.54) is 24.3 Å². The number of halogens is 1. The largest absolute Gasteiger partial charge is 0.494 e. The Morgan fingerprint density at radius 1 is 0.885 bits per heavy atom. The van der Waals surface area contributed by atoms with Gasteiger partial charge in [0, 0.05) is 5.56 Å². The lowest BCUT2D eigenvalue weighted by molar-refractivity contribution is -0.117. The minimum Gasteiger partial charge on any atom is -0.494 e. The number of carbonyl (C=O) groups is 2. The Morgan fingerprint density at radius 3 is 2.12 bits per heavy atom. The van der Waals surface area contributed by atoms with Crippen LogP contribution in [0.5, 0.6) is 5.75 Å². The molecule has 0 aromatic heterocycles. The average molecular weight is 350 g/mol. The molecule has 4 rings (SSSR count). The molecule has 0 spiro atoms. The van der Waals surface area contributed by atoms with Crippen LogP contribution in [0.15, 0.2) is 59.7 Å².